The Hall–Kier alpha value is -3.05. The minimum Gasteiger partial charge on any atom is -0.366 e. The van der Waals surface area contributed by atoms with Gasteiger partial charge in [-0.05, 0) is 85.5 Å². The maximum Gasteiger partial charge on any atom is 0.250 e. The van der Waals surface area contributed by atoms with Crippen molar-refractivity contribution in [3.05, 3.63) is 75.9 Å². The summed E-state index contributed by atoms with van der Waals surface area (Å²) >= 11 is 1.72. The quantitative estimate of drug-likeness (QED) is 0.297. The summed E-state index contributed by atoms with van der Waals surface area (Å²) in [5.41, 5.74) is 11.4. The summed E-state index contributed by atoms with van der Waals surface area (Å²) in [7, 11) is -3.19. The standard InChI is InChI=1S/C30H35N5O3S2/c1-2-40(37,38)35-12-8-21(9-13-35)26-18-33-28-24(26)16-23(17-25(28)29(31)36)22-6-3-5-20(15-22)19-34-11-4-7-27(34)30-32-10-14-39-30/h3,5-6,10,14-18,21,27,33H,2,4,7-9,11-13,19H2,1H3,(H2,31,36). The Bertz CT molecular complexity index is 1620. The molecule has 1 amide bonds. The summed E-state index contributed by atoms with van der Waals surface area (Å²) in [5.74, 6) is -0.140. The number of fused-ring (bicyclic) bond motifs is 1. The first-order valence-electron chi connectivity index (χ1n) is 14.0. The molecule has 0 spiro atoms. The van der Waals surface area contributed by atoms with Crippen LogP contribution in [0.4, 0.5) is 0 Å². The van der Waals surface area contributed by atoms with Gasteiger partial charge in [0.1, 0.15) is 5.01 Å². The summed E-state index contributed by atoms with van der Waals surface area (Å²) in [6.07, 6.45) is 7.64. The van der Waals surface area contributed by atoms with Crippen molar-refractivity contribution in [2.75, 3.05) is 25.4 Å². The highest BCUT2D eigenvalue weighted by Crippen LogP contribution is 2.38. The molecule has 2 aromatic carbocycles. The van der Waals surface area contributed by atoms with Gasteiger partial charge >= 0.3 is 0 Å². The fourth-order valence-corrected chi connectivity index (χ4v) is 8.30. The van der Waals surface area contributed by atoms with Gasteiger partial charge in [0, 0.05) is 42.8 Å². The van der Waals surface area contributed by atoms with Gasteiger partial charge in [-0.25, -0.2) is 17.7 Å². The molecule has 2 aliphatic rings. The van der Waals surface area contributed by atoms with E-state index in [0.29, 0.717) is 24.7 Å². The van der Waals surface area contributed by atoms with E-state index >= 15 is 0 Å². The number of likely N-dealkylation sites (tertiary alicyclic amines) is 1. The SMILES string of the molecule is CCS(=O)(=O)N1CCC(c2c[nH]c3c(C(N)=O)cc(-c4cccc(CN5CCCC5c5nccs5)c4)cc23)CC1. The number of rotatable bonds is 8. The molecule has 4 heterocycles. The van der Waals surface area contributed by atoms with E-state index in [2.05, 4.69) is 45.2 Å². The van der Waals surface area contributed by atoms with Crippen LogP contribution < -0.4 is 5.73 Å². The Morgan fingerprint density at radius 3 is 2.67 bits per heavy atom. The molecule has 0 bridgehead atoms. The van der Waals surface area contributed by atoms with Gasteiger partial charge in [0.2, 0.25) is 10.0 Å². The fraction of sp³-hybridized carbons (Fsp3) is 0.400. The largest absolute Gasteiger partial charge is 0.366 e. The monoisotopic (exact) mass is 577 g/mol. The second-order valence-corrected chi connectivity index (χ2v) is 14.0. The highest BCUT2D eigenvalue weighted by Gasteiger charge is 2.30. The zero-order valence-corrected chi connectivity index (χ0v) is 24.3. The number of thiazole rings is 1. The number of piperidine rings is 1. The molecule has 8 nitrogen and oxygen atoms in total. The highest BCUT2D eigenvalue weighted by molar-refractivity contribution is 7.89. The fourth-order valence-electron chi connectivity index (χ4n) is 6.36. The summed E-state index contributed by atoms with van der Waals surface area (Å²) < 4.78 is 26.3. The minimum atomic E-state index is -3.19. The second kappa shape index (κ2) is 11.1. The second-order valence-electron chi connectivity index (χ2n) is 10.8. The van der Waals surface area contributed by atoms with E-state index in [4.69, 9.17) is 5.73 Å². The van der Waals surface area contributed by atoms with Crippen molar-refractivity contribution < 1.29 is 13.2 Å². The Morgan fingerprint density at radius 2 is 1.95 bits per heavy atom. The van der Waals surface area contributed by atoms with Crippen LogP contribution in [0.1, 0.15) is 71.1 Å². The van der Waals surface area contributed by atoms with Crippen molar-refractivity contribution in [1.29, 1.82) is 0 Å². The smallest absolute Gasteiger partial charge is 0.250 e. The van der Waals surface area contributed by atoms with Crippen LogP contribution in [-0.2, 0) is 16.6 Å². The number of nitrogens with two attached hydrogens (primary N) is 1. The Balaban J connectivity index is 1.30. The van der Waals surface area contributed by atoms with Crippen molar-refractivity contribution in [3.8, 4) is 11.1 Å². The molecule has 10 heteroatoms. The van der Waals surface area contributed by atoms with Gasteiger partial charge in [0.15, 0.2) is 0 Å². The van der Waals surface area contributed by atoms with Gasteiger partial charge in [-0.3, -0.25) is 9.69 Å². The molecule has 3 N–H and O–H groups in total. The number of benzene rings is 2. The normalized spacial score (nSPS) is 19.5. The van der Waals surface area contributed by atoms with Crippen LogP contribution in [0.5, 0.6) is 0 Å². The lowest BCUT2D eigenvalue weighted by atomic mass is 9.88. The number of aromatic nitrogens is 2. The first-order valence-corrected chi connectivity index (χ1v) is 16.5. The van der Waals surface area contributed by atoms with Crippen LogP contribution in [0.3, 0.4) is 0 Å². The van der Waals surface area contributed by atoms with E-state index in [1.807, 2.05) is 23.8 Å². The predicted molar refractivity (Wildman–Crippen MR) is 160 cm³/mol. The number of sulfonamides is 1. The number of aromatic amines is 1. The summed E-state index contributed by atoms with van der Waals surface area (Å²) in [6.45, 7) is 4.61. The number of carbonyl (C=O) groups excluding carboxylic acids is 1. The molecular weight excluding hydrogens is 542 g/mol. The molecule has 4 aromatic rings. The van der Waals surface area contributed by atoms with Crippen molar-refractivity contribution in [3.63, 3.8) is 0 Å². The highest BCUT2D eigenvalue weighted by atomic mass is 32.2. The summed E-state index contributed by atoms with van der Waals surface area (Å²) in [4.78, 5) is 22.9. The van der Waals surface area contributed by atoms with E-state index in [-0.39, 0.29) is 11.7 Å². The molecule has 2 saturated heterocycles. The number of primary amides is 1. The third-order valence-electron chi connectivity index (χ3n) is 8.48. The number of hydrogen-bond donors (Lipinski definition) is 2. The molecule has 2 fully saturated rings. The van der Waals surface area contributed by atoms with Gasteiger partial charge in [-0.1, -0.05) is 18.2 Å². The Labute approximate surface area is 239 Å². The first-order chi connectivity index (χ1) is 19.3. The molecule has 0 radical (unpaired) electrons. The average molecular weight is 578 g/mol. The molecule has 2 aliphatic heterocycles. The van der Waals surface area contributed by atoms with Gasteiger partial charge in [-0.15, -0.1) is 11.3 Å². The molecule has 6 rings (SSSR count). The number of nitrogens with one attached hydrogen (secondary N) is 1. The molecule has 0 aliphatic carbocycles. The molecular formula is C30H35N5O3S2. The molecule has 2 aromatic heterocycles. The van der Waals surface area contributed by atoms with Crippen molar-refractivity contribution in [2.24, 2.45) is 5.73 Å². The van der Waals surface area contributed by atoms with Crippen molar-refractivity contribution in [1.82, 2.24) is 19.2 Å². The molecule has 1 atom stereocenters. The first kappa shape index (κ1) is 27.1. The maximum absolute atomic E-state index is 12.5. The molecule has 210 valence electrons. The van der Waals surface area contributed by atoms with Gasteiger partial charge in [-0.2, -0.15) is 0 Å². The van der Waals surface area contributed by atoms with Crippen LogP contribution >= 0.6 is 11.3 Å². The van der Waals surface area contributed by atoms with E-state index in [9.17, 15) is 13.2 Å². The zero-order chi connectivity index (χ0) is 27.9. The third kappa shape index (κ3) is 5.21. The van der Waals surface area contributed by atoms with Crippen LogP contribution in [0, 0.1) is 0 Å². The van der Waals surface area contributed by atoms with E-state index in [1.165, 1.54) is 17.0 Å². The zero-order valence-electron chi connectivity index (χ0n) is 22.7. The topological polar surface area (TPSA) is 112 Å². The number of nitrogens with zero attached hydrogens (tertiary/aromatic N) is 3. The average Bonchev–Trinajstić information content (AvgIpc) is 3.74. The van der Waals surface area contributed by atoms with Crippen LogP contribution in [0.15, 0.2) is 54.2 Å². The number of hydrogen-bond acceptors (Lipinski definition) is 6. The van der Waals surface area contributed by atoms with Gasteiger partial charge in [0.05, 0.1) is 22.9 Å². The van der Waals surface area contributed by atoms with E-state index in [1.54, 1.807) is 22.6 Å². The molecule has 0 saturated carbocycles. The minimum absolute atomic E-state index is 0.123. The Morgan fingerprint density at radius 1 is 1.12 bits per heavy atom. The van der Waals surface area contributed by atoms with Crippen LogP contribution in [-0.4, -0.2) is 58.9 Å². The summed E-state index contributed by atoms with van der Waals surface area (Å²) in [5, 5.41) is 4.21. The van der Waals surface area contributed by atoms with Crippen LogP contribution in [0.2, 0.25) is 0 Å². The van der Waals surface area contributed by atoms with Gasteiger partial charge in [0.25, 0.3) is 5.91 Å². The van der Waals surface area contributed by atoms with Crippen LogP contribution in [0.25, 0.3) is 22.0 Å². The number of carbonyl (C=O) groups is 1. The number of amides is 1. The van der Waals surface area contributed by atoms with Gasteiger partial charge < -0.3 is 10.7 Å². The number of H-pyrrole nitrogens is 1. The van der Waals surface area contributed by atoms with E-state index in [0.717, 1.165) is 59.9 Å². The van der Waals surface area contributed by atoms with Crippen molar-refractivity contribution in [2.45, 2.75) is 51.1 Å². The molecule has 40 heavy (non-hydrogen) atoms. The maximum atomic E-state index is 12.5. The summed E-state index contributed by atoms with van der Waals surface area (Å²) in [6, 6.07) is 12.9. The lowest BCUT2D eigenvalue weighted by Crippen LogP contribution is -2.38. The van der Waals surface area contributed by atoms with Crippen molar-refractivity contribution >= 4 is 38.2 Å². The molecule has 1 unspecified atom stereocenters. The lowest BCUT2D eigenvalue weighted by molar-refractivity contribution is 0.100. The lowest BCUT2D eigenvalue weighted by Gasteiger charge is -2.31. The third-order valence-corrected chi connectivity index (χ3v) is 11.2. The van der Waals surface area contributed by atoms with E-state index < -0.39 is 15.9 Å². The predicted octanol–water partition coefficient (Wildman–Crippen LogP) is 5.26. The Kier molecular flexibility index (Phi) is 7.52.